The van der Waals surface area contributed by atoms with Gasteiger partial charge in [-0.2, -0.15) is 0 Å². The summed E-state index contributed by atoms with van der Waals surface area (Å²) < 4.78 is 9.65. The van der Waals surface area contributed by atoms with Gasteiger partial charge in [0.1, 0.15) is 22.7 Å². The number of aromatic nitrogens is 6. The predicted octanol–water partition coefficient (Wildman–Crippen LogP) is 12.7. The summed E-state index contributed by atoms with van der Waals surface area (Å²) in [5.74, 6) is 1.93. The molecule has 8 aromatic rings. The fourth-order valence-corrected chi connectivity index (χ4v) is 9.64. The van der Waals surface area contributed by atoms with E-state index in [4.69, 9.17) is 31.6 Å². The van der Waals surface area contributed by atoms with Crippen molar-refractivity contribution in [1.29, 1.82) is 0 Å². The fourth-order valence-electron chi connectivity index (χ4n) is 8.34. The molecule has 0 bridgehead atoms. The SMILES string of the molecule is CCCCc1nc(Cl)c(CSc2ccc([N+](=O)[O-])c(N(C)C(=O)OC(C)(C)C)c2)n1Cc1ccc(-c2ccccc2-c2nnnn2C(c2ccccc2)(c2ccccc2)c2ccccc2)cc1. The zero-order valence-corrected chi connectivity index (χ0v) is 39.6. The van der Waals surface area contributed by atoms with Crippen LogP contribution in [0.15, 0.2) is 163 Å². The number of halogens is 1. The Labute approximate surface area is 399 Å². The summed E-state index contributed by atoms with van der Waals surface area (Å²) in [5.41, 5.74) is 6.02. The van der Waals surface area contributed by atoms with Gasteiger partial charge >= 0.3 is 6.09 Å². The van der Waals surface area contributed by atoms with E-state index in [1.165, 1.54) is 29.8 Å². The lowest BCUT2D eigenvalue weighted by Gasteiger charge is -2.36. The monoisotopic (exact) mass is 930 g/mol. The third-order valence-electron chi connectivity index (χ3n) is 11.5. The number of benzene rings is 6. The largest absolute Gasteiger partial charge is 0.443 e. The Morgan fingerprint density at radius 2 is 1.39 bits per heavy atom. The van der Waals surface area contributed by atoms with E-state index < -0.39 is 22.2 Å². The number of nitrogens with zero attached hydrogens (tertiary/aromatic N) is 8. The van der Waals surface area contributed by atoms with Crippen LogP contribution in [0.4, 0.5) is 16.2 Å². The lowest BCUT2D eigenvalue weighted by molar-refractivity contribution is -0.384. The number of nitro benzene ring substituents is 1. The van der Waals surface area contributed by atoms with E-state index in [0.29, 0.717) is 23.3 Å². The Morgan fingerprint density at radius 1 is 0.806 bits per heavy atom. The number of carbonyl (C=O) groups excluding carboxylic acids is 1. The van der Waals surface area contributed by atoms with Gasteiger partial charge in [0.05, 0.1) is 10.6 Å². The lowest BCUT2D eigenvalue weighted by atomic mass is 9.77. The van der Waals surface area contributed by atoms with Crippen LogP contribution in [0.5, 0.6) is 0 Å². The van der Waals surface area contributed by atoms with Crippen LogP contribution >= 0.6 is 23.4 Å². The Balaban J connectivity index is 1.12. The molecular formula is C53H51ClN8O4S. The maximum Gasteiger partial charge on any atom is 0.414 e. The van der Waals surface area contributed by atoms with E-state index in [1.54, 1.807) is 32.9 Å². The van der Waals surface area contributed by atoms with Crippen molar-refractivity contribution in [2.75, 3.05) is 11.9 Å². The molecule has 0 saturated heterocycles. The van der Waals surface area contributed by atoms with E-state index in [-0.39, 0.29) is 11.4 Å². The number of rotatable bonds is 16. The molecule has 0 unspecified atom stereocenters. The molecule has 2 heterocycles. The van der Waals surface area contributed by atoms with Crippen LogP contribution in [0, 0.1) is 10.1 Å². The highest BCUT2D eigenvalue weighted by atomic mass is 35.5. The van der Waals surface area contributed by atoms with Gasteiger partial charge in [-0.3, -0.25) is 15.0 Å². The molecule has 0 aliphatic rings. The summed E-state index contributed by atoms with van der Waals surface area (Å²) in [4.78, 5) is 31.2. The Morgan fingerprint density at radius 3 is 1.96 bits per heavy atom. The van der Waals surface area contributed by atoms with E-state index in [9.17, 15) is 14.9 Å². The number of imidazole rings is 1. The van der Waals surface area contributed by atoms with Crippen molar-refractivity contribution in [3.8, 4) is 22.5 Å². The smallest absolute Gasteiger partial charge is 0.414 e. The topological polar surface area (TPSA) is 134 Å². The number of hydrogen-bond acceptors (Lipinski definition) is 9. The highest BCUT2D eigenvalue weighted by Gasteiger charge is 2.42. The van der Waals surface area contributed by atoms with Gasteiger partial charge < -0.3 is 9.30 Å². The minimum absolute atomic E-state index is 0.133. The minimum atomic E-state index is -0.908. The normalized spacial score (nSPS) is 11.7. The molecule has 0 radical (unpaired) electrons. The van der Waals surface area contributed by atoms with Gasteiger partial charge in [-0.25, -0.2) is 14.5 Å². The average Bonchev–Trinajstić information content (AvgIpc) is 3.94. The van der Waals surface area contributed by atoms with E-state index in [1.807, 2.05) is 71.4 Å². The molecule has 0 spiro atoms. The molecule has 0 aliphatic carbocycles. The number of ether oxygens (including phenoxy) is 1. The second-order valence-electron chi connectivity index (χ2n) is 17.2. The number of nitro groups is 1. The number of thioether (sulfide) groups is 1. The standard InChI is InChI=1S/C53H51ClN8O4S/c1-6-7-27-48-55-49(54)47(36-67-42-32-33-45(62(64)65)46(34-42)59(5)51(63)66-52(2,3)4)60(48)35-37-28-30-38(31-29-37)43-25-17-18-26-44(43)50-56-57-58-61(50)53(39-19-11-8-12-20-39,40-21-13-9-14-22-40)41-23-15-10-16-24-41/h8-26,28-34H,6-7,27,35-36H2,1-5H3. The number of amides is 1. The van der Waals surface area contributed by atoms with Crippen molar-refractivity contribution >= 4 is 40.8 Å². The molecule has 67 heavy (non-hydrogen) atoms. The molecule has 0 fully saturated rings. The maximum absolute atomic E-state index is 13.0. The van der Waals surface area contributed by atoms with Gasteiger partial charge in [0.2, 0.25) is 0 Å². The Kier molecular flexibility index (Phi) is 14.0. The van der Waals surface area contributed by atoms with Crippen LogP contribution in [0.3, 0.4) is 0 Å². The van der Waals surface area contributed by atoms with E-state index in [0.717, 1.165) is 74.6 Å². The molecule has 14 heteroatoms. The summed E-state index contributed by atoms with van der Waals surface area (Å²) in [6.45, 7) is 7.91. The Bertz CT molecular complexity index is 2880. The number of anilines is 1. The predicted molar refractivity (Wildman–Crippen MR) is 266 cm³/mol. The summed E-state index contributed by atoms with van der Waals surface area (Å²) in [5, 5.41) is 26.3. The van der Waals surface area contributed by atoms with Gasteiger partial charge in [-0.1, -0.05) is 164 Å². The van der Waals surface area contributed by atoms with Crippen LogP contribution < -0.4 is 4.90 Å². The first-order chi connectivity index (χ1) is 32.4. The van der Waals surface area contributed by atoms with Crippen molar-refractivity contribution in [1.82, 2.24) is 29.8 Å². The molecule has 1 amide bonds. The molecule has 0 aliphatic heterocycles. The second-order valence-corrected chi connectivity index (χ2v) is 18.6. The first-order valence-electron chi connectivity index (χ1n) is 22.1. The lowest BCUT2D eigenvalue weighted by Crippen LogP contribution is -2.39. The molecule has 2 aromatic heterocycles. The molecule has 0 N–H and O–H groups in total. The summed E-state index contributed by atoms with van der Waals surface area (Å²) in [7, 11) is 1.47. The molecular weight excluding hydrogens is 880 g/mol. The fraction of sp³-hybridized carbons (Fsp3) is 0.226. The summed E-state index contributed by atoms with van der Waals surface area (Å²) in [6.07, 6.45) is 1.99. The Hall–Kier alpha value is -7.09. The van der Waals surface area contributed by atoms with Gasteiger partial charge in [0.15, 0.2) is 11.0 Å². The second kappa shape index (κ2) is 20.2. The van der Waals surface area contributed by atoms with E-state index >= 15 is 0 Å². The van der Waals surface area contributed by atoms with Gasteiger partial charge in [0, 0.05) is 42.3 Å². The molecule has 6 aromatic carbocycles. The zero-order chi connectivity index (χ0) is 47.1. The number of carbonyl (C=O) groups is 1. The average molecular weight is 932 g/mol. The van der Waals surface area contributed by atoms with Crippen molar-refractivity contribution in [2.24, 2.45) is 0 Å². The van der Waals surface area contributed by atoms with Crippen LogP contribution in [0.2, 0.25) is 5.15 Å². The van der Waals surface area contributed by atoms with Crippen molar-refractivity contribution in [3.63, 3.8) is 0 Å². The highest BCUT2D eigenvalue weighted by molar-refractivity contribution is 7.98. The zero-order valence-electron chi connectivity index (χ0n) is 38.0. The molecule has 340 valence electrons. The third-order valence-corrected chi connectivity index (χ3v) is 12.8. The van der Waals surface area contributed by atoms with Crippen molar-refractivity contribution < 1.29 is 14.5 Å². The van der Waals surface area contributed by atoms with Crippen LogP contribution in [0.1, 0.15) is 74.3 Å². The molecule has 0 saturated carbocycles. The van der Waals surface area contributed by atoms with Gasteiger partial charge in [-0.05, 0) is 83.1 Å². The number of tetrazole rings is 1. The van der Waals surface area contributed by atoms with Crippen molar-refractivity contribution in [3.05, 3.63) is 207 Å². The maximum atomic E-state index is 13.0. The minimum Gasteiger partial charge on any atom is -0.443 e. The van der Waals surface area contributed by atoms with Gasteiger partial charge in [-0.15, -0.1) is 16.9 Å². The number of aryl methyl sites for hydroxylation is 1. The van der Waals surface area contributed by atoms with Crippen molar-refractivity contribution in [2.45, 2.75) is 75.3 Å². The first-order valence-corrected chi connectivity index (χ1v) is 23.5. The van der Waals surface area contributed by atoms with Crippen LogP contribution in [-0.4, -0.2) is 53.4 Å². The first kappa shape index (κ1) is 46.4. The van der Waals surface area contributed by atoms with Gasteiger partial charge in [0.25, 0.3) is 5.69 Å². The van der Waals surface area contributed by atoms with E-state index in [2.05, 4.69) is 89.5 Å². The van der Waals surface area contributed by atoms with Crippen LogP contribution in [0.25, 0.3) is 22.5 Å². The third kappa shape index (κ3) is 9.89. The highest BCUT2D eigenvalue weighted by Crippen LogP contribution is 2.44. The quantitative estimate of drug-likeness (QED) is 0.0402. The summed E-state index contributed by atoms with van der Waals surface area (Å²) >= 11 is 8.38. The number of hydrogen-bond donors (Lipinski definition) is 0. The molecule has 8 rings (SSSR count). The molecule has 0 atom stereocenters. The van der Waals surface area contributed by atoms with Crippen LogP contribution in [-0.2, 0) is 29.0 Å². The number of unbranched alkanes of at least 4 members (excludes halogenated alkanes) is 1. The molecule has 12 nitrogen and oxygen atoms in total. The summed E-state index contributed by atoms with van der Waals surface area (Å²) in [6, 6.07) is 52.5.